The molecule has 1 aromatic rings. The average molecular weight is 134 g/mol. The van der Waals surface area contributed by atoms with Crippen molar-refractivity contribution < 1.29 is 0 Å². The van der Waals surface area contributed by atoms with Gasteiger partial charge in [0.25, 0.3) is 0 Å². The predicted octanol–water partition coefficient (Wildman–Crippen LogP) is 1.11. The molecule has 1 aliphatic carbocycles. The van der Waals surface area contributed by atoms with Crippen LogP contribution in [0.2, 0.25) is 0 Å². The number of hydrogen-bond acceptors (Lipinski definition) is 1. The van der Waals surface area contributed by atoms with Crippen LogP contribution in [0.1, 0.15) is 29.3 Å². The highest BCUT2D eigenvalue weighted by atomic mass is 15.0. The maximum atomic E-state index is 3.48. The second-order valence-electron chi connectivity index (χ2n) is 3.18. The summed E-state index contributed by atoms with van der Waals surface area (Å²) in [7, 11) is 0. The molecule has 2 nitrogen and oxygen atoms in total. The molecule has 3 rings (SSSR count). The molecule has 0 bridgehead atoms. The van der Waals surface area contributed by atoms with Crippen LogP contribution < -0.4 is 5.32 Å². The van der Waals surface area contributed by atoms with Gasteiger partial charge in [0.15, 0.2) is 0 Å². The Hall–Kier alpha value is -0.760. The maximum absolute atomic E-state index is 3.48. The van der Waals surface area contributed by atoms with Crippen LogP contribution in [0.15, 0.2) is 6.20 Å². The van der Waals surface area contributed by atoms with Crippen molar-refractivity contribution in [2.45, 2.75) is 25.4 Å². The molecule has 10 heavy (non-hydrogen) atoms. The summed E-state index contributed by atoms with van der Waals surface area (Å²) in [5, 5.41) is 3.48. The molecule has 0 fully saturated rings. The van der Waals surface area contributed by atoms with Crippen molar-refractivity contribution in [2.75, 3.05) is 0 Å². The molecule has 1 unspecified atom stereocenters. The molecule has 0 radical (unpaired) electrons. The van der Waals surface area contributed by atoms with Gasteiger partial charge in [-0.3, -0.25) is 0 Å². The Kier molecular flexibility index (Phi) is 0.722. The number of H-pyrrole nitrogens is 1. The van der Waals surface area contributed by atoms with Crippen molar-refractivity contribution in [3.63, 3.8) is 0 Å². The SMILES string of the molecule is c1[nH]c2c3c1CNC3CC2. The molecule has 1 atom stereocenters. The second kappa shape index (κ2) is 1.45. The number of nitrogens with one attached hydrogen (secondary N) is 2. The standard InChI is InChI=1S/C8H10N2/c1-2-7-8-5(4-10-7)3-9-6(1)8/h3,7,9-10H,1-2,4H2. The lowest BCUT2D eigenvalue weighted by Gasteiger charge is -2.00. The average Bonchev–Trinajstić information content (AvgIpc) is 2.56. The predicted molar refractivity (Wildman–Crippen MR) is 38.7 cm³/mol. The quantitative estimate of drug-likeness (QED) is 0.546. The molecule has 2 N–H and O–H groups in total. The fraction of sp³-hybridized carbons (Fsp3) is 0.500. The minimum atomic E-state index is 0.691. The van der Waals surface area contributed by atoms with E-state index in [1.165, 1.54) is 24.1 Å². The van der Waals surface area contributed by atoms with E-state index in [1.54, 1.807) is 5.56 Å². The molecule has 0 saturated heterocycles. The highest BCUT2D eigenvalue weighted by Crippen LogP contribution is 2.37. The van der Waals surface area contributed by atoms with E-state index in [-0.39, 0.29) is 0 Å². The van der Waals surface area contributed by atoms with Crippen LogP contribution in [-0.2, 0) is 13.0 Å². The molecule has 1 aromatic heterocycles. The van der Waals surface area contributed by atoms with E-state index in [9.17, 15) is 0 Å². The van der Waals surface area contributed by atoms with E-state index in [4.69, 9.17) is 0 Å². The van der Waals surface area contributed by atoms with Gasteiger partial charge in [-0.1, -0.05) is 0 Å². The molecule has 0 saturated carbocycles. The van der Waals surface area contributed by atoms with E-state index >= 15 is 0 Å². The number of aromatic nitrogens is 1. The first-order valence-corrected chi connectivity index (χ1v) is 3.87. The number of hydrogen-bond donors (Lipinski definition) is 2. The molecule has 2 aliphatic rings. The van der Waals surface area contributed by atoms with Crippen LogP contribution >= 0.6 is 0 Å². The van der Waals surface area contributed by atoms with E-state index < -0.39 is 0 Å². The van der Waals surface area contributed by atoms with Crippen LogP contribution in [0, 0.1) is 0 Å². The highest BCUT2D eigenvalue weighted by molar-refractivity contribution is 5.40. The van der Waals surface area contributed by atoms with Gasteiger partial charge in [-0.15, -0.1) is 0 Å². The molecular formula is C8H10N2. The Morgan fingerprint density at radius 1 is 1.50 bits per heavy atom. The molecule has 2 heteroatoms. The first-order chi connectivity index (χ1) is 4.95. The first-order valence-electron chi connectivity index (χ1n) is 3.87. The lowest BCUT2D eigenvalue weighted by atomic mass is 10.2. The molecule has 2 heterocycles. The van der Waals surface area contributed by atoms with Crippen LogP contribution in [0.3, 0.4) is 0 Å². The van der Waals surface area contributed by atoms with Crippen molar-refractivity contribution in [2.24, 2.45) is 0 Å². The molecule has 1 aliphatic heterocycles. The van der Waals surface area contributed by atoms with Crippen LogP contribution in [0.4, 0.5) is 0 Å². The van der Waals surface area contributed by atoms with Gasteiger partial charge < -0.3 is 10.3 Å². The zero-order valence-electron chi connectivity index (χ0n) is 5.78. The number of aryl methyl sites for hydroxylation is 1. The third kappa shape index (κ3) is 0.409. The lowest BCUT2D eigenvalue weighted by Crippen LogP contribution is -2.08. The van der Waals surface area contributed by atoms with Gasteiger partial charge in [-0.25, -0.2) is 0 Å². The summed E-state index contributed by atoms with van der Waals surface area (Å²) < 4.78 is 0. The molecule has 52 valence electrons. The van der Waals surface area contributed by atoms with Gasteiger partial charge >= 0.3 is 0 Å². The van der Waals surface area contributed by atoms with Gasteiger partial charge in [0, 0.05) is 24.5 Å². The fourth-order valence-electron chi connectivity index (χ4n) is 2.18. The Morgan fingerprint density at radius 2 is 2.50 bits per heavy atom. The summed E-state index contributed by atoms with van der Waals surface area (Å²) in [6.07, 6.45) is 4.69. The first kappa shape index (κ1) is 4.97. The third-order valence-corrected chi connectivity index (χ3v) is 2.66. The lowest BCUT2D eigenvalue weighted by molar-refractivity contribution is 0.573. The molecule has 0 amide bonds. The highest BCUT2D eigenvalue weighted by Gasteiger charge is 2.30. The molecular weight excluding hydrogens is 124 g/mol. The van der Waals surface area contributed by atoms with Gasteiger partial charge in [-0.2, -0.15) is 0 Å². The van der Waals surface area contributed by atoms with Gasteiger partial charge in [0.05, 0.1) is 0 Å². The zero-order valence-corrected chi connectivity index (χ0v) is 5.78. The fourth-order valence-corrected chi connectivity index (χ4v) is 2.18. The summed E-state index contributed by atoms with van der Waals surface area (Å²) in [5.41, 5.74) is 4.56. The van der Waals surface area contributed by atoms with Gasteiger partial charge in [0.2, 0.25) is 0 Å². The van der Waals surface area contributed by atoms with Crippen molar-refractivity contribution in [1.29, 1.82) is 0 Å². The van der Waals surface area contributed by atoms with Crippen molar-refractivity contribution >= 4 is 0 Å². The Morgan fingerprint density at radius 3 is 3.50 bits per heavy atom. The summed E-state index contributed by atoms with van der Waals surface area (Å²) in [4.78, 5) is 3.33. The summed E-state index contributed by atoms with van der Waals surface area (Å²) >= 11 is 0. The van der Waals surface area contributed by atoms with Gasteiger partial charge in [-0.05, 0) is 24.0 Å². The number of aromatic amines is 1. The Bertz CT molecular complexity index is 249. The monoisotopic (exact) mass is 134 g/mol. The van der Waals surface area contributed by atoms with E-state index in [0.717, 1.165) is 6.54 Å². The minimum Gasteiger partial charge on any atom is -0.364 e. The Balaban J connectivity index is 2.31. The summed E-state index contributed by atoms with van der Waals surface area (Å²) in [6.45, 7) is 1.08. The Labute approximate surface area is 59.6 Å². The van der Waals surface area contributed by atoms with Crippen molar-refractivity contribution in [3.05, 3.63) is 23.0 Å². The normalized spacial score (nSPS) is 27.4. The summed E-state index contributed by atoms with van der Waals surface area (Å²) in [6, 6.07) is 0.691. The van der Waals surface area contributed by atoms with Crippen LogP contribution in [0.5, 0.6) is 0 Å². The molecule has 0 aromatic carbocycles. The van der Waals surface area contributed by atoms with E-state index in [2.05, 4.69) is 16.5 Å². The van der Waals surface area contributed by atoms with Crippen molar-refractivity contribution in [3.8, 4) is 0 Å². The minimum absolute atomic E-state index is 0.691. The van der Waals surface area contributed by atoms with Crippen LogP contribution in [-0.4, -0.2) is 4.98 Å². The largest absolute Gasteiger partial charge is 0.364 e. The van der Waals surface area contributed by atoms with E-state index in [0.29, 0.717) is 6.04 Å². The molecule has 0 spiro atoms. The van der Waals surface area contributed by atoms with Gasteiger partial charge in [0.1, 0.15) is 0 Å². The number of rotatable bonds is 0. The third-order valence-electron chi connectivity index (χ3n) is 2.66. The zero-order chi connectivity index (χ0) is 6.55. The van der Waals surface area contributed by atoms with Crippen LogP contribution in [0.25, 0.3) is 0 Å². The smallest absolute Gasteiger partial charge is 0.0347 e. The topological polar surface area (TPSA) is 27.8 Å². The second-order valence-corrected chi connectivity index (χ2v) is 3.18. The maximum Gasteiger partial charge on any atom is 0.0347 e. The van der Waals surface area contributed by atoms with E-state index in [1.807, 2.05) is 0 Å². The van der Waals surface area contributed by atoms with Crippen molar-refractivity contribution in [1.82, 2.24) is 10.3 Å². The summed E-state index contributed by atoms with van der Waals surface area (Å²) in [5.74, 6) is 0.